The molecule has 0 bridgehead atoms. The number of benzene rings is 1. The second kappa shape index (κ2) is 4.64. The zero-order chi connectivity index (χ0) is 13.4. The monoisotopic (exact) mass is 290 g/mol. The van der Waals surface area contributed by atoms with Crippen LogP contribution in [0, 0.1) is 6.92 Å². The van der Waals surface area contributed by atoms with Gasteiger partial charge in [0.05, 0.1) is 15.1 Å². The Morgan fingerprint density at radius 3 is 2.89 bits per heavy atom. The zero-order valence-electron chi connectivity index (χ0n) is 10.0. The van der Waals surface area contributed by atoms with Crippen LogP contribution in [0.15, 0.2) is 34.4 Å². The lowest BCUT2D eigenvalue weighted by Crippen LogP contribution is -2.11. The molecule has 1 aromatic carbocycles. The fourth-order valence-corrected chi connectivity index (χ4v) is 3.41. The molecule has 0 saturated heterocycles. The first-order valence-electron chi connectivity index (χ1n) is 5.62. The third-order valence-corrected chi connectivity index (χ3v) is 4.61. The van der Waals surface area contributed by atoms with Crippen molar-refractivity contribution in [3.63, 3.8) is 0 Å². The summed E-state index contributed by atoms with van der Waals surface area (Å²) in [6, 6.07) is 7.30. The number of aryl methyl sites for hydroxylation is 1. The normalized spacial score (nSPS) is 10.8. The van der Waals surface area contributed by atoms with Crippen LogP contribution < -0.4 is 10.2 Å². The molecule has 19 heavy (non-hydrogen) atoms. The first-order valence-corrected chi connectivity index (χ1v) is 7.31. The molecule has 0 aliphatic heterocycles. The highest BCUT2D eigenvalue weighted by atomic mass is 32.1. The van der Waals surface area contributed by atoms with Crippen molar-refractivity contribution in [3.05, 3.63) is 49.8 Å². The Kier molecular flexibility index (Phi) is 2.96. The van der Waals surface area contributed by atoms with E-state index in [1.807, 2.05) is 18.4 Å². The number of hydrogen-bond acceptors (Lipinski definition) is 4. The number of H-pyrrole nitrogens is 1. The summed E-state index contributed by atoms with van der Waals surface area (Å²) in [5.41, 5.74) is 2.45. The maximum atomic E-state index is 12.1. The number of amides is 1. The largest absolute Gasteiger partial charge is 0.321 e. The molecule has 2 N–H and O–H groups in total. The Morgan fingerprint density at radius 1 is 1.32 bits per heavy atom. The number of carbonyl (C=O) groups is 1. The molecule has 4 nitrogen and oxygen atoms in total. The first-order chi connectivity index (χ1) is 9.13. The molecule has 3 rings (SSSR count). The SMILES string of the molecule is Cc1ccsc1C(=O)Nc1ccc2[nH]c(=O)sc2c1. The van der Waals surface area contributed by atoms with Gasteiger partial charge in [0.2, 0.25) is 0 Å². The fraction of sp³-hybridized carbons (Fsp3) is 0.0769. The first kappa shape index (κ1) is 12.1. The van der Waals surface area contributed by atoms with Gasteiger partial charge in [0, 0.05) is 5.69 Å². The maximum Gasteiger partial charge on any atom is 0.305 e. The summed E-state index contributed by atoms with van der Waals surface area (Å²) in [7, 11) is 0. The number of thiazole rings is 1. The van der Waals surface area contributed by atoms with Gasteiger partial charge < -0.3 is 10.3 Å². The molecule has 0 aliphatic rings. The molecule has 0 fully saturated rings. The van der Waals surface area contributed by atoms with Crippen molar-refractivity contribution in [2.45, 2.75) is 6.92 Å². The van der Waals surface area contributed by atoms with Crippen LogP contribution in [0.3, 0.4) is 0 Å². The minimum absolute atomic E-state index is 0.0902. The molecule has 0 saturated carbocycles. The summed E-state index contributed by atoms with van der Waals surface area (Å²) < 4.78 is 0.839. The summed E-state index contributed by atoms with van der Waals surface area (Å²) in [5, 5.41) is 4.74. The van der Waals surface area contributed by atoms with E-state index in [4.69, 9.17) is 0 Å². The van der Waals surface area contributed by atoms with Gasteiger partial charge in [-0.1, -0.05) is 11.3 Å². The minimum atomic E-state index is -0.116. The minimum Gasteiger partial charge on any atom is -0.321 e. The highest BCUT2D eigenvalue weighted by molar-refractivity contribution is 7.16. The Morgan fingerprint density at radius 2 is 2.16 bits per heavy atom. The number of thiophene rings is 1. The van der Waals surface area contributed by atoms with Gasteiger partial charge in [-0.2, -0.15) is 0 Å². The Hall–Kier alpha value is -1.92. The Balaban J connectivity index is 1.91. The molecule has 0 atom stereocenters. The molecular weight excluding hydrogens is 280 g/mol. The third-order valence-electron chi connectivity index (χ3n) is 2.75. The summed E-state index contributed by atoms with van der Waals surface area (Å²) in [6.45, 7) is 1.91. The maximum absolute atomic E-state index is 12.1. The van der Waals surface area contributed by atoms with Crippen molar-refractivity contribution in [1.82, 2.24) is 4.98 Å². The lowest BCUT2D eigenvalue weighted by molar-refractivity contribution is 0.103. The lowest BCUT2D eigenvalue weighted by Gasteiger charge is -2.04. The van der Waals surface area contributed by atoms with Crippen LogP contribution in [0.2, 0.25) is 0 Å². The molecule has 2 heterocycles. The van der Waals surface area contributed by atoms with Crippen LogP contribution in [-0.2, 0) is 0 Å². The van der Waals surface area contributed by atoms with E-state index in [9.17, 15) is 9.59 Å². The van der Waals surface area contributed by atoms with Crippen molar-refractivity contribution in [2.24, 2.45) is 0 Å². The molecule has 0 spiro atoms. The highest BCUT2D eigenvalue weighted by Gasteiger charge is 2.11. The van der Waals surface area contributed by atoms with E-state index < -0.39 is 0 Å². The topological polar surface area (TPSA) is 62.0 Å². The van der Waals surface area contributed by atoms with Gasteiger partial charge in [-0.05, 0) is 42.1 Å². The van der Waals surface area contributed by atoms with Crippen molar-refractivity contribution in [2.75, 3.05) is 5.32 Å². The van der Waals surface area contributed by atoms with Crippen molar-refractivity contribution in [3.8, 4) is 0 Å². The van der Waals surface area contributed by atoms with E-state index in [0.29, 0.717) is 10.6 Å². The van der Waals surface area contributed by atoms with Gasteiger partial charge in [0.1, 0.15) is 0 Å². The zero-order valence-corrected chi connectivity index (χ0v) is 11.7. The van der Waals surface area contributed by atoms with Crippen LogP contribution in [0.5, 0.6) is 0 Å². The summed E-state index contributed by atoms with van der Waals surface area (Å²) in [6.07, 6.45) is 0. The summed E-state index contributed by atoms with van der Waals surface area (Å²) >= 11 is 2.55. The van der Waals surface area contributed by atoms with E-state index in [-0.39, 0.29) is 10.8 Å². The predicted octanol–water partition coefficient (Wildman–Crippen LogP) is 3.21. The van der Waals surface area contributed by atoms with Gasteiger partial charge in [0.25, 0.3) is 5.91 Å². The molecule has 0 unspecified atom stereocenters. The number of aromatic amines is 1. The van der Waals surface area contributed by atoms with Gasteiger partial charge in [-0.25, -0.2) is 0 Å². The van der Waals surface area contributed by atoms with Gasteiger partial charge in [0.15, 0.2) is 0 Å². The Bertz CT molecular complexity index is 813. The highest BCUT2D eigenvalue weighted by Crippen LogP contribution is 2.22. The number of anilines is 1. The summed E-state index contributed by atoms with van der Waals surface area (Å²) in [4.78, 5) is 26.6. The van der Waals surface area contributed by atoms with Gasteiger partial charge in [-0.3, -0.25) is 9.59 Å². The average molecular weight is 290 g/mol. The fourth-order valence-electron chi connectivity index (χ4n) is 1.82. The van der Waals surface area contributed by atoms with Gasteiger partial charge >= 0.3 is 4.87 Å². The second-order valence-corrected chi connectivity index (χ2v) is 6.04. The van der Waals surface area contributed by atoms with E-state index in [1.54, 1.807) is 18.2 Å². The van der Waals surface area contributed by atoms with E-state index in [1.165, 1.54) is 11.3 Å². The predicted molar refractivity (Wildman–Crippen MR) is 79.5 cm³/mol. The van der Waals surface area contributed by atoms with E-state index in [0.717, 1.165) is 27.1 Å². The van der Waals surface area contributed by atoms with Crippen LogP contribution in [0.4, 0.5) is 5.69 Å². The van der Waals surface area contributed by atoms with Crippen molar-refractivity contribution >= 4 is 44.5 Å². The molecule has 96 valence electrons. The molecule has 3 aromatic rings. The molecule has 1 amide bonds. The molecule has 6 heteroatoms. The number of nitrogens with one attached hydrogen (secondary N) is 2. The molecule has 2 aromatic heterocycles. The van der Waals surface area contributed by atoms with Crippen LogP contribution in [0.1, 0.15) is 15.2 Å². The number of aromatic nitrogens is 1. The van der Waals surface area contributed by atoms with E-state index in [2.05, 4.69) is 10.3 Å². The Labute approximate surface area is 116 Å². The van der Waals surface area contributed by atoms with Crippen molar-refractivity contribution < 1.29 is 4.79 Å². The van der Waals surface area contributed by atoms with Crippen LogP contribution in [0.25, 0.3) is 10.2 Å². The smallest absolute Gasteiger partial charge is 0.305 e. The number of carbonyl (C=O) groups excluding carboxylic acids is 1. The molecular formula is C13H10N2O2S2. The second-order valence-electron chi connectivity index (χ2n) is 4.11. The number of fused-ring (bicyclic) bond motifs is 1. The van der Waals surface area contributed by atoms with Crippen LogP contribution >= 0.6 is 22.7 Å². The van der Waals surface area contributed by atoms with Gasteiger partial charge in [-0.15, -0.1) is 11.3 Å². The van der Waals surface area contributed by atoms with Crippen molar-refractivity contribution in [1.29, 1.82) is 0 Å². The average Bonchev–Trinajstić information content (AvgIpc) is 2.93. The number of hydrogen-bond donors (Lipinski definition) is 2. The molecule has 0 radical (unpaired) electrons. The van der Waals surface area contributed by atoms with E-state index >= 15 is 0 Å². The lowest BCUT2D eigenvalue weighted by atomic mass is 10.2. The standard InChI is InChI=1S/C13H10N2O2S2/c1-7-4-5-18-11(7)12(16)14-8-2-3-9-10(6-8)19-13(17)15-9/h2-6H,1H3,(H,14,16)(H,15,17). The third kappa shape index (κ3) is 2.32. The molecule has 0 aliphatic carbocycles. The van der Waals surface area contributed by atoms with Crippen LogP contribution in [-0.4, -0.2) is 10.9 Å². The summed E-state index contributed by atoms with van der Waals surface area (Å²) in [5.74, 6) is -0.116. The number of rotatable bonds is 2. The quantitative estimate of drug-likeness (QED) is 0.761.